The van der Waals surface area contributed by atoms with Gasteiger partial charge in [0.15, 0.2) is 6.04 Å². The molecule has 100 valence electrons. The van der Waals surface area contributed by atoms with Crippen molar-refractivity contribution in [2.45, 2.75) is 12.6 Å². The molecule has 0 fully saturated rings. The number of carbonyl (C=O) groups excluding carboxylic acids is 1. The van der Waals surface area contributed by atoms with E-state index >= 15 is 0 Å². The number of nitrogens with two attached hydrogens (primary N) is 1. The van der Waals surface area contributed by atoms with Crippen LogP contribution >= 0.6 is 0 Å². The van der Waals surface area contributed by atoms with Gasteiger partial charge in [-0.2, -0.15) is 0 Å². The molecule has 7 nitrogen and oxygen atoms in total. The molecular weight excluding hydrogens is 248 g/mol. The summed E-state index contributed by atoms with van der Waals surface area (Å²) in [6.45, 7) is 0.215. The number of rotatable bonds is 4. The van der Waals surface area contributed by atoms with E-state index in [4.69, 9.17) is 10.8 Å². The van der Waals surface area contributed by atoms with Gasteiger partial charge in [-0.25, -0.2) is 9.78 Å². The third-order valence-corrected chi connectivity index (χ3v) is 2.81. The lowest BCUT2D eigenvalue weighted by atomic mass is 10.2. The zero-order valence-electron chi connectivity index (χ0n) is 10.3. The molecule has 0 radical (unpaired) electrons. The number of carboxylic acids is 1. The highest BCUT2D eigenvalue weighted by molar-refractivity contribution is 6.00. The Labute approximate surface area is 109 Å². The highest BCUT2D eigenvalue weighted by Crippen LogP contribution is 2.13. The van der Waals surface area contributed by atoms with Crippen molar-refractivity contribution in [3.8, 4) is 0 Å². The molecule has 19 heavy (non-hydrogen) atoms. The zero-order valence-corrected chi connectivity index (χ0v) is 10.3. The highest BCUT2D eigenvalue weighted by Gasteiger charge is 2.20. The van der Waals surface area contributed by atoms with E-state index in [2.05, 4.69) is 10.3 Å². The number of nitrogens with one attached hydrogen (secondary N) is 1. The lowest BCUT2D eigenvalue weighted by Gasteiger charge is -2.08. The van der Waals surface area contributed by atoms with Gasteiger partial charge in [-0.15, -0.1) is 0 Å². The van der Waals surface area contributed by atoms with Crippen molar-refractivity contribution < 1.29 is 14.7 Å². The molecular formula is C12H14N4O3. The number of amides is 1. The Hall–Kier alpha value is -2.41. The Morgan fingerprint density at radius 3 is 2.95 bits per heavy atom. The fraction of sp³-hybridized carbons (Fsp3) is 0.250. The largest absolute Gasteiger partial charge is 0.480 e. The number of carboxylic acid groups (broad SMARTS) is 1. The first-order chi connectivity index (χ1) is 8.99. The van der Waals surface area contributed by atoms with Crippen molar-refractivity contribution >= 4 is 22.9 Å². The monoisotopic (exact) mass is 262 g/mol. The van der Waals surface area contributed by atoms with Crippen molar-refractivity contribution in [3.05, 3.63) is 30.1 Å². The number of aliphatic carboxylic acids is 1. The molecule has 0 aliphatic carbocycles. The van der Waals surface area contributed by atoms with E-state index in [-0.39, 0.29) is 6.54 Å². The van der Waals surface area contributed by atoms with Gasteiger partial charge in [0.25, 0.3) is 0 Å². The van der Waals surface area contributed by atoms with Crippen LogP contribution in [0.25, 0.3) is 11.0 Å². The van der Waals surface area contributed by atoms with Crippen LogP contribution in [0, 0.1) is 0 Å². The Kier molecular flexibility index (Phi) is 3.48. The molecule has 0 bridgehead atoms. The molecule has 1 heterocycles. The Morgan fingerprint density at radius 2 is 2.26 bits per heavy atom. The van der Waals surface area contributed by atoms with Gasteiger partial charge in [0, 0.05) is 13.6 Å². The van der Waals surface area contributed by atoms with Crippen molar-refractivity contribution in [1.29, 1.82) is 0 Å². The number of nitrogens with zero attached hydrogens (tertiary/aromatic N) is 2. The molecule has 1 aromatic heterocycles. The van der Waals surface area contributed by atoms with E-state index in [0.717, 1.165) is 16.6 Å². The predicted molar refractivity (Wildman–Crippen MR) is 68.2 cm³/mol. The summed E-state index contributed by atoms with van der Waals surface area (Å²) in [5.41, 5.74) is 7.82. The lowest BCUT2D eigenvalue weighted by Crippen LogP contribution is -2.45. The minimum Gasteiger partial charge on any atom is -0.480 e. The molecule has 2 aromatic rings. The van der Waals surface area contributed by atoms with Crippen LogP contribution in [-0.2, 0) is 23.2 Å². The number of hydrogen-bond donors (Lipinski definition) is 3. The number of carbonyl (C=O) groups is 2. The summed E-state index contributed by atoms with van der Waals surface area (Å²) in [7, 11) is 1.89. The molecule has 0 saturated heterocycles. The number of benzene rings is 1. The molecule has 1 aromatic carbocycles. The van der Waals surface area contributed by atoms with Gasteiger partial charge in [-0.05, 0) is 17.7 Å². The highest BCUT2D eigenvalue weighted by atomic mass is 16.4. The van der Waals surface area contributed by atoms with E-state index in [1.807, 2.05) is 29.8 Å². The van der Waals surface area contributed by atoms with Crippen LogP contribution in [0.15, 0.2) is 24.5 Å². The standard InChI is InChI=1S/C12H14N4O3/c1-16-6-15-8-4-7(2-3-9(8)16)5-14-11(17)10(13)12(18)19/h2-4,6,10H,5,13H2,1H3,(H,14,17)(H,18,19). The minimum atomic E-state index is -1.54. The van der Waals surface area contributed by atoms with Crippen LogP contribution in [-0.4, -0.2) is 32.6 Å². The van der Waals surface area contributed by atoms with Gasteiger partial charge in [0.05, 0.1) is 17.4 Å². The van der Waals surface area contributed by atoms with Crippen LogP contribution in [0.5, 0.6) is 0 Å². The second-order valence-electron chi connectivity index (χ2n) is 4.21. The van der Waals surface area contributed by atoms with Gasteiger partial charge >= 0.3 is 5.97 Å². The van der Waals surface area contributed by atoms with E-state index in [9.17, 15) is 9.59 Å². The normalized spacial score (nSPS) is 12.3. The first-order valence-corrected chi connectivity index (χ1v) is 5.65. The third-order valence-electron chi connectivity index (χ3n) is 2.81. The number of hydrogen-bond acceptors (Lipinski definition) is 4. The third kappa shape index (κ3) is 2.71. The SMILES string of the molecule is Cn1cnc2cc(CNC(=O)C(N)C(=O)O)ccc21. The fourth-order valence-electron chi connectivity index (χ4n) is 1.70. The number of aromatic nitrogens is 2. The summed E-state index contributed by atoms with van der Waals surface area (Å²) in [6, 6.07) is 4.03. The van der Waals surface area contributed by atoms with Crippen LogP contribution < -0.4 is 11.1 Å². The summed E-state index contributed by atoms with van der Waals surface area (Å²) in [5, 5.41) is 11.1. The minimum absolute atomic E-state index is 0.215. The summed E-state index contributed by atoms with van der Waals surface area (Å²) in [5.74, 6) is -2.06. The van der Waals surface area contributed by atoms with Crippen molar-refractivity contribution in [1.82, 2.24) is 14.9 Å². The first kappa shape index (κ1) is 13.0. The lowest BCUT2D eigenvalue weighted by molar-refractivity contribution is -0.142. The van der Waals surface area contributed by atoms with Gasteiger partial charge in [0.1, 0.15) is 0 Å². The maximum atomic E-state index is 11.4. The number of imidazole rings is 1. The Morgan fingerprint density at radius 1 is 1.53 bits per heavy atom. The van der Waals surface area contributed by atoms with Gasteiger partial charge < -0.3 is 20.7 Å². The molecule has 2 rings (SSSR count). The van der Waals surface area contributed by atoms with E-state index in [0.29, 0.717) is 0 Å². The molecule has 0 aliphatic rings. The van der Waals surface area contributed by atoms with Crippen molar-refractivity contribution in [3.63, 3.8) is 0 Å². The second kappa shape index (κ2) is 5.07. The number of aryl methyl sites for hydroxylation is 1. The molecule has 0 spiro atoms. The topological polar surface area (TPSA) is 110 Å². The van der Waals surface area contributed by atoms with Crippen LogP contribution in [0.2, 0.25) is 0 Å². The first-order valence-electron chi connectivity index (χ1n) is 5.65. The Bertz CT molecular complexity index is 635. The van der Waals surface area contributed by atoms with E-state index in [1.165, 1.54) is 0 Å². The molecule has 7 heteroatoms. The summed E-state index contributed by atoms with van der Waals surface area (Å²) in [6.07, 6.45) is 1.70. The zero-order chi connectivity index (χ0) is 14.0. The average Bonchev–Trinajstić information content (AvgIpc) is 2.76. The molecule has 1 amide bonds. The second-order valence-corrected chi connectivity index (χ2v) is 4.21. The number of fused-ring (bicyclic) bond motifs is 1. The molecule has 0 saturated carbocycles. The predicted octanol–water partition coefficient (Wildman–Crippen LogP) is -0.399. The van der Waals surface area contributed by atoms with Crippen LogP contribution in [0.4, 0.5) is 0 Å². The summed E-state index contributed by atoms with van der Waals surface area (Å²) >= 11 is 0. The van der Waals surface area contributed by atoms with Gasteiger partial charge in [-0.3, -0.25) is 4.79 Å². The summed E-state index contributed by atoms with van der Waals surface area (Å²) in [4.78, 5) is 26.1. The van der Waals surface area contributed by atoms with E-state index in [1.54, 1.807) is 6.33 Å². The quantitative estimate of drug-likeness (QED) is 0.649. The van der Waals surface area contributed by atoms with Gasteiger partial charge in [-0.1, -0.05) is 6.07 Å². The molecule has 0 aliphatic heterocycles. The van der Waals surface area contributed by atoms with Crippen LogP contribution in [0.1, 0.15) is 5.56 Å². The molecule has 4 N–H and O–H groups in total. The van der Waals surface area contributed by atoms with Crippen molar-refractivity contribution in [2.24, 2.45) is 12.8 Å². The Balaban J connectivity index is 2.06. The smallest absolute Gasteiger partial charge is 0.330 e. The maximum Gasteiger partial charge on any atom is 0.330 e. The average molecular weight is 262 g/mol. The van der Waals surface area contributed by atoms with E-state index < -0.39 is 17.9 Å². The van der Waals surface area contributed by atoms with Gasteiger partial charge in [0.2, 0.25) is 5.91 Å². The van der Waals surface area contributed by atoms with Crippen LogP contribution in [0.3, 0.4) is 0 Å². The molecule has 1 atom stereocenters. The maximum absolute atomic E-state index is 11.4. The fourth-order valence-corrected chi connectivity index (χ4v) is 1.70. The van der Waals surface area contributed by atoms with Crippen molar-refractivity contribution in [2.75, 3.05) is 0 Å². The molecule has 1 unspecified atom stereocenters. The summed E-state index contributed by atoms with van der Waals surface area (Å²) < 4.78 is 1.89.